The highest BCUT2D eigenvalue weighted by molar-refractivity contribution is 5.91. The number of amides is 1. The second-order valence-electron chi connectivity index (χ2n) is 4.09. The van der Waals surface area contributed by atoms with Crippen molar-refractivity contribution < 1.29 is 18.8 Å². The van der Waals surface area contributed by atoms with Crippen LogP contribution in [-0.4, -0.2) is 31.8 Å². The quantitative estimate of drug-likeness (QED) is 0.868. The first-order valence-electron chi connectivity index (χ1n) is 6.14. The number of benzene rings is 1. The maximum atomic E-state index is 11.8. The monoisotopic (exact) mass is 276 g/mol. The van der Waals surface area contributed by atoms with Crippen molar-refractivity contribution in [2.45, 2.75) is 6.42 Å². The molecule has 1 heterocycles. The fraction of sp³-hybridized carbons (Fsp3) is 0.286. The van der Waals surface area contributed by atoms with Crippen LogP contribution in [0.25, 0.3) is 0 Å². The van der Waals surface area contributed by atoms with E-state index >= 15 is 0 Å². The zero-order valence-electron chi connectivity index (χ0n) is 11.4. The van der Waals surface area contributed by atoms with Crippen LogP contribution in [0, 0.1) is 0 Å². The Balaban J connectivity index is 1.84. The van der Waals surface area contributed by atoms with Gasteiger partial charge in [-0.1, -0.05) is 12.1 Å². The van der Waals surface area contributed by atoms with Gasteiger partial charge in [-0.2, -0.15) is 0 Å². The van der Waals surface area contributed by atoms with Crippen molar-refractivity contribution in [3.05, 3.63) is 41.7 Å². The zero-order chi connectivity index (χ0) is 14.4. The van der Waals surface area contributed by atoms with Crippen LogP contribution in [0.5, 0.6) is 11.6 Å². The first-order chi connectivity index (χ1) is 9.72. The summed E-state index contributed by atoms with van der Waals surface area (Å²) >= 11 is 0. The molecule has 106 valence electrons. The molecule has 6 heteroatoms. The SMILES string of the molecule is COc1cccc(CCNC(=O)c2cc(OC)no2)c1. The van der Waals surface area contributed by atoms with Gasteiger partial charge in [-0.15, -0.1) is 0 Å². The molecule has 1 aromatic carbocycles. The van der Waals surface area contributed by atoms with Crippen molar-refractivity contribution >= 4 is 5.91 Å². The molecule has 0 aliphatic rings. The van der Waals surface area contributed by atoms with Crippen molar-refractivity contribution in [1.29, 1.82) is 0 Å². The highest BCUT2D eigenvalue weighted by atomic mass is 16.5. The normalized spacial score (nSPS) is 10.1. The molecule has 0 saturated heterocycles. The topological polar surface area (TPSA) is 73.6 Å². The number of nitrogens with one attached hydrogen (secondary N) is 1. The molecule has 6 nitrogen and oxygen atoms in total. The molecule has 1 aromatic heterocycles. The highest BCUT2D eigenvalue weighted by Gasteiger charge is 2.12. The van der Waals surface area contributed by atoms with Gasteiger partial charge in [0.15, 0.2) is 0 Å². The van der Waals surface area contributed by atoms with Crippen LogP contribution in [0.3, 0.4) is 0 Å². The lowest BCUT2D eigenvalue weighted by molar-refractivity contribution is 0.0917. The van der Waals surface area contributed by atoms with Gasteiger partial charge in [0.25, 0.3) is 11.8 Å². The molecule has 0 spiro atoms. The van der Waals surface area contributed by atoms with Gasteiger partial charge in [0.1, 0.15) is 5.75 Å². The molecule has 0 radical (unpaired) electrons. The summed E-state index contributed by atoms with van der Waals surface area (Å²) in [5, 5.41) is 6.32. The van der Waals surface area contributed by atoms with E-state index in [2.05, 4.69) is 10.5 Å². The smallest absolute Gasteiger partial charge is 0.290 e. The molecule has 2 rings (SSSR count). The minimum Gasteiger partial charge on any atom is -0.497 e. The lowest BCUT2D eigenvalue weighted by atomic mass is 10.1. The Hall–Kier alpha value is -2.50. The third kappa shape index (κ3) is 3.50. The van der Waals surface area contributed by atoms with E-state index in [1.54, 1.807) is 7.11 Å². The largest absolute Gasteiger partial charge is 0.497 e. The summed E-state index contributed by atoms with van der Waals surface area (Å²) in [5.74, 6) is 0.896. The molecule has 0 aliphatic heterocycles. The van der Waals surface area contributed by atoms with Crippen LogP contribution in [0.4, 0.5) is 0 Å². The Bertz CT molecular complexity index is 580. The minimum absolute atomic E-state index is 0.132. The summed E-state index contributed by atoms with van der Waals surface area (Å²) < 4.78 is 14.8. The lowest BCUT2D eigenvalue weighted by Gasteiger charge is -2.05. The molecule has 0 unspecified atom stereocenters. The summed E-state index contributed by atoms with van der Waals surface area (Å²) in [6.07, 6.45) is 0.703. The number of ether oxygens (including phenoxy) is 2. The summed E-state index contributed by atoms with van der Waals surface area (Å²) in [6, 6.07) is 9.15. The fourth-order valence-electron chi connectivity index (χ4n) is 1.70. The number of aromatic nitrogens is 1. The van der Waals surface area contributed by atoms with E-state index < -0.39 is 0 Å². The Labute approximate surface area is 116 Å². The number of hydrogen-bond acceptors (Lipinski definition) is 5. The molecular weight excluding hydrogens is 260 g/mol. The van der Waals surface area contributed by atoms with Gasteiger partial charge >= 0.3 is 0 Å². The number of carbonyl (C=O) groups is 1. The highest BCUT2D eigenvalue weighted by Crippen LogP contribution is 2.13. The van der Waals surface area contributed by atoms with E-state index in [0.29, 0.717) is 13.0 Å². The molecule has 0 atom stereocenters. The summed E-state index contributed by atoms with van der Waals surface area (Å²) in [5.41, 5.74) is 1.08. The van der Waals surface area contributed by atoms with Crippen molar-refractivity contribution in [2.75, 3.05) is 20.8 Å². The zero-order valence-corrected chi connectivity index (χ0v) is 11.4. The predicted molar refractivity (Wildman–Crippen MR) is 72.1 cm³/mol. The van der Waals surface area contributed by atoms with Gasteiger partial charge in [-0.05, 0) is 29.3 Å². The molecule has 0 aliphatic carbocycles. The number of rotatable bonds is 6. The van der Waals surface area contributed by atoms with E-state index in [1.165, 1.54) is 13.2 Å². The molecule has 1 N–H and O–H groups in total. The summed E-state index contributed by atoms with van der Waals surface area (Å²) in [6.45, 7) is 0.495. The Kier molecular flexibility index (Phi) is 4.60. The van der Waals surface area contributed by atoms with Crippen LogP contribution < -0.4 is 14.8 Å². The van der Waals surface area contributed by atoms with Crippen molar-refractivity contribution in [2.24, 2.45) is 0 Å². The molecule has 20 heavy (non-hydrogen) atoms. The van der Waals surface area contributed by atoms with E-state index in [4.69, 9.17) is 14.0 Å². The molecule has 2 aromatic rings. The average molecular weight is 276 g/mol. The van der Waals surface area contributed by atoms with E-state index in [9.17, 15) is 4.79 Å². The Morgan fingerprint density at radius 2 is 2.15 bits per heavy atom. The predicted octanol–water partition coefficient (Wildman–Crippen LogP) is 1.66. The van der Waals surface area contributed by atoms with Gasteiger partial charge < -0.3 is 19.3 Å². The molecule has 1 amide bonds. The first-order valence-corrected chi connectivity index (χ1v) is 6.14. The lowest BCUT2D eigenvalue weighted by Crippen LogP contribution is -2.25. The van der Waals surface area contributed by atoms with Gasteiger partial charge in [0.2, 0.25) is 5.76 Å². The van der Waals surface area contributed by atoms with Crippen LogP contribution in [0.1, 0.15) is 16.1 Å². The van der Waals surface area contributed by atoms with Gasteiger partial charge in [0, 0.05) is 6.54 Å². The molecule has 0 fully saturated rings. The van der Waals surface area contributed by atoms with Crippen LogP contribution in [0.2, 0.25) is 0 Å². The minimum atomic E-state index is -0.316. The van der Waals surface area contributed by atoms with Gasteiger partial charge in [0.05, 0.1) is 20.3 Å². The molecule has 0 saturated carbocycles. The van der Waals surface area contributed by atoms with Crippen molar-refractivity contribution in [3.8, 4) is 11.6 Å². The third-order valence-electron chi connectivity index (χ3n) is 2.75. The molecular formula is C14H16N2O4. The maximum Gasteiger partial charge on any atom is 0.290 e. The van der Waals surface area contributed by atoms with Crippen LogP contribution in [0.15, 0.2) is 34.9 Å². The summed E-state index contributed by atoms with van der Waals surface area (Å²) in [7, 11) is 3.08. The average Bonchev–Trinajstić information content (AvgIpc) is 2.96. The Morgan fingerprint density at radius 3 is 2.85 bits per heavy atom. The second-order valence-corrected chi connectivity index (χ2v) is 4.09. The van der Waals surface area contributed by atoms with Crippen LogP contribution in [-0.2, 0) is 6.42 Å². The van der Waals surface area contributed by atoms with E-state index in [-0.39, 0.29) is 17.5 Å². The van der Waals surface area contributed by atoms with Crippen LogP contribution >= 0.6 is 0 Å². The fourth-order valence-corrected chi connectivity index (χ4v) is 1.70. The Morgan fingerprint density at radius 1 is 1.30 bits per heavy atom. The molecule has 0 bridgehead atoms. The first kappa shape index (κ1) is 13.9. The van der Waals surface area contributed by atoms with Crippen molar-refractivity contribution in [3.63, 3.8) is 0 Å². The number of nitrogens with zero attached hydrogens (tertiary/aromatic N) is 1. The number of carbonyl (C=O) groups excluding carboxylic acids is 1. The van der Waals surface area contributed by atoms with Crippen molar-refractivity contribution in [1.82, 2.24) is 10.5 Å². The number of hydrogen-bond donors (Lipinski definition) is 1. The van der Waals surface area contributed by atoms with Gasteiger partial charge in [-0.3, -0.25) is 4.79 Å². The van der Waals surface area contributed by atoms with E-state index in [1.807, 2.05) is 24.3 Å². The summed E-state index contributed by atoms with van der Waals surface area (Å²) in [4.78, 5) is 11.8. The van der Waals surface area contributed by atoms with E-state index in [0.717, 1.165) is 11.3 Å². The third-order valence-corrected chi connectivity index (χ3v) is 2.75. The van der Waals surface area contributed by atoms with Gasteiger partial charge in [-0.25, -0.2) is 0 Å². The standard InChI is InChI=1S/C14H16N2O4/c1-18-11-5-3-4-10(8-11)6-7-15-14(17)12-9-13(19-2)16-20-12/h3-5,8-9H,6-7H2,1-2H3,(H,15,17). The number of methoxy groups -OCH3 is 2. The second kappa shape index (κ2) is 6.60. The maximum absolute atomic E-state index is 11.8.